The Kier molecular flexibility index (Phi) is 7.83. The Morgan fingerprint density at radius 1 is 1.26 bits per heavy atom. The topological polar surface area (TPSA) is 86.9 Å². The highest BCUT2D eigenvalue weighted by Gasteiger charge is 2.35. The Bertz CT molecular complexity index is 1060. The molecule has 9 heteroatoms. The molecule has 1 aromatic heterocycles. The van der Waals surface area contributed by atoms with Crippen LogP contribution in [0.15, 0.2) is 28.9 Å². The van der Waals surface area contributed by atoms with Crippen molar-refractivity contribution in [3.05, 3.63) is 50.7 Å². The van der Waals surface area contributed by atoms with Crippen molar-refractivity contribution < 1.29 is 19.0 Å². The summed E-state index contributed by atoms with van der Waals surface area (Å²) in [7, 11) is 0. The normalized spacial score (nSPS) is 18.2. The van der Waals surface area contributed by atoms with E-state index in [-0.39, 0.29) is 18.1 Å². The fourth-order valence-corrected chi connectivity index (χ4v) is 5.53. The fourth-order valence-electron chi connectivity index (χ4n) is 4.63. The van der Waals surface area contributed by atoms with Crippen LogP contribution in [-0.4, -0.2) is 47.9 Å². The maximum atomic E-state index is 12.3. The second kappa shape index (κ2) is 10.5. The highest BCUT2D eigenvalue weighted by Crippen LogP contribution is 2.42. The first-order valence-electron chi connectivity index (χ1n) is 12.0. The van der Waals surface area contributed by atoms with Crippen LogP contribution in [0.4, 0.5) is 10.5 Å². The van der Waals surface area contributed by atoms with Crippen LogP contribution in [0, 0.1) is 0 Å². The molecule has 0 spiro atoms. The van der Waals surface area contributed by atoms with Crippen molar-refractivity contribution in [2.45, 2.75) is 64.1 Å². The first-order chi connectivity index (χ1) is 16.5. The number of benzene rings is 1. The molecule has 35 heavy (non-hydrogen) atoms. The first-order valence-corrected chi connectivity index (χ1v) is 13.2. The van der Waals surface area contributed by atoms with Crippen LogP contribution >= 0.6 is 27.5 Å². The number of likely N-dealkylation sites (tertiary alicyclic amines) is 1. The molecule has 2 aliphatic heterocycles. The first kappa shape index (κ1) is 26.0. The number of carbonyl (C=O) groups excluding carboxylic acids is 1. The van der Waals surface area contributed by atoms with Crippen LogP contribution < -0.4 is 10.5 Å². The van der Waals surface area contributed by atoms with E-state index in [4.69, 9.17) is 31.5 Å². The predicted octanol–water partition coefficient (Wildman–Crippen LogP) is 6.45. The van der Waals surface area contributed by atoms with E-state index in [9.17, 15) is 4.79 Å². The molecule has 1 amide bonds. The Hall–Kier alpha value is -2.03. The van der Waals surface area contributed by atoms with Gasteiger partial charge in [-0.3, -0.25) is 0 Å². The fraction of sp³-hybridized carbons (Fsp3) is 0.538. The van der Waals surface area contributed by atoms with Gasteiger partial charge in [0.25, 0.3) is 0 Å². The lowest BCUT2D eigenvalue weighted by molar-refractivity contribution is 0.00818. The zero-order chi connectivity index (χ0) is 25.3. The largest absolute Gasteiger partial charge is 0.483 e. The molecular formula is C26H33BrClN3O4. The maximum absolute atomic E-state index is 12.3. The minimum Gasteiger partial charge on any atom is -0.483 e. The number of rotatable bonds is 5. The van der Waals surface area contributed by atoms with Gasteiger partial charge in [0.15, 0.2) is 5.75 Å². The number of aromatic nitrogens is 1. The number of anilines is 1. The lowest BCUT2D eigenvalue weighted by Gasteiger charge is -2.40. The molecule has 0 saturated carbocycles. The zero-order valence-electron chi connectivity index (χ0n) is 20.6. The van der Waals surface area contributed by atoms with Gasteiger partial charge in [-0.05, 0) is 91.7 Å². The van der Waals surface area contributed by atoms with Crippen molar-refractivity contribution in [3.8, 4) is 5.75 Å². The summed E-state index contributed by atoms with van der Waals surface area (Å²) in [5.74, 6) is 1.13. The van der Waals surface area contributed by atoms with Crippen LogP contribution in [0.3, 0.4) is 0 Å². The number of hydrogen-bond acceptors (Lipinski definition) is 6. The molecule has 2 fully saturated rings. The summed E-state index contributed by atoms with van der Waals surface area (Å²) >= 11 is 10.2. The monoisotopic (exact) mass is 565 g/mol. The third kappa shape index (κ3) is 6.04. The number of nitrogen functional groups attached to an aromatic ring is 1. The van der Waals surface area contributed by atoms with Crippen molar-refractivity contribution >= 4 is 39.3 Å². The number of amides is 1. The van der Waals surface area contributed by atoms with Crippen molar-refractivity contribution in [2.24, 2.45) is 0 Å². The van der Waals surface area contributed by atoms with Gasteiger partial charge in [0.1, 0.15) is 16.9 Å². The number of hydrogen-bond donors (Lipinski definition) is 1. The summed E-state index contributed by atoms with van der Waals surface area (Å²) in [6.45, 7) is 10.2. The van der Waals surface area contributed by atoms with Crippen LogP contribution in [0.25, 0.3) is 0 Å². The molecule has 2 N–H and O–H groups in total. The molecule has 1 aromatic carbocycles. The van der Waals surface area contributed by atoms with E-state index in [1.165, 1.54) is 0 Å². The van der Waals surface area contributed by atoms with E-state index in [1.54, 1.807) is 11.1 Å². The number of nitrogens with zero attached hydrogens (tertiary/aromatic N) is 2. The summed E-state index contributed by atoms with van der Waals surface area (Å²) in [4.78, 5) is 18.3. The van der Waals surface area contributed by atoms with E-state index < -0.39 is 5.60 Å². The van der Waals surface area contributed by atoms with Crippen LogP contribution in [0.1, 0.15) is 75.2 Å². The number of ether oxygens (including phenoxy) is 3. The number of carbonyl (C=O) groups is 1. The van der Waals surface area contributed by atoms with Gasteiger partial charge in [0.2, 0.25) is 0 Å². The molecule has 7 nitrogen and oxygen atoms in total. The van der Waals surface area contributed by atoms with Crippen molar-refractivity contribution in [3.63, 3.8) is 0 Å². The Morgan fingerprint density at radius 3 is 2.57 bits per heavy atom. The second-order valence-electron chi connectivity index (χ2n) is 10.3. The van der Waals surface area contributed by atoms with E-state index >= 15 is 0 Å². The Labute approximate surface area is 220 Å². The van der Waals surface area contributed by atoms with Gasteiger partial charge in [-0.25, -0.2) is 9.78 Å². The third-order valence-electron chi connectivity index (χ3n) is 6.44. The van der Waals surface area contributed by atoms with Gasteiger partial charge >= 0.3 is 6.09 Å². The summed E-state index contributed by atoms with van der Waals surface area (Å²) < 4.78 is 18.1. The van der Waals surface area contributed by atoms with Gasteiger partial charge in [-0.15, -0.1) is 0 Å². The average molecular weight is 567 g/mol. The minimum absolute atomic E-state index is 0.195. The average Bonchev–Trinajstić information content (AvgIpc) is 2.74. The molecular weight excluding hydrogens is 534 g/mol. The lowest BCUT2D eigenvalue weighted by Crippen LogP contribution is -2.50. The molecule has 2 aromatic rings. The molecule has 1 unspecified atom stereocenters. The van der Waals surface area contributed by atoms with Crippen molar-refractivity contribution in [1.29, 1.82) is 0 Å². The van der Waals surface area contributed by atoms with Crippen LogP contribution in [0.2, 0.25) is 5.15 Å². The maximum Gasteiger partial charge on any atom is 0.410 e. The lowest BCUT2D eigenvalue weighted by atomic mass is 9.88. The molecule has 0 radical (unpaired) electrons. The standard InChI is InChI=1S/C26H33BrClN3O4/c1-15(22-19(5-8-30-24(22)28)16-6-9-33-10-7-16)34-23-20(27)11-17(12-21(23)29)18-13-31(14-18)25(32)35-26(2,3)4/h5,8,11-12,15-16,18H,6-7,9-10,13-14,29H2,1-4H3. The molecule has 2 aliphatic rings. The molecule has 0 aliphatic carbocycles. The predicted molar refractivity (Wildman–Crippen MR) is 140 cm³/mol. The van der Waals surface area contributed by atoms with E-state index in [0.717, 1.165) is 47.2 Å². The summed E-state index contributed by atoms with van der Waals surface area (Å²) in [6, 6.07) is 5.97. The van der Waals surface area contributed by atoms with Crippen molar-refractivity contribution in [1.82, 2.24) is 9.88 Å². The van der Waals surface area contributed by atoms with Gasteiger partial charge in [0, 0.05) is 44.0 Å². The zero-order valence-corrected chi connectivity index (χ0v) is 23.0. The molecule has 4 rings (SSSR count). The molecule has 190 valence electrons. The van der Waals surface area contributed by atoms with Gasteiger partial charge < -0.3 is 24.8 Å². The molecule has 3 heterocycles. The number of halogens is 2. The summed E-state index contributed by atoms with van der Waals surface area (Å²) in [6.07, 6.45) is 3.01. The smallest absolute Gasteiger partial charge is 0.410 e. The number of pyridine rings is 1. The van der Waals surface area contributed by atoms with Crippen molar-refractivity contribution in [2.75, 3.05) is 32.0 Å². The van der Waals surface area contributed by atoms with E-state index in [0.29, 0.717) is 35.6 Å². The van der Waals surface area contributed by atoms with Gasteiger partial charge in [0.05, 0.1) is 10.2 Å². The van der Waals surface area contributed by atoms with Gasteiger partial charge in [-0.1, -0.05) is 11.6 Å². The quantitative estimate of drug-likeness (QED) is 0.331. The highest BCUT2D eigenvalue weighted by molar-refractivity contribution is 9.10. The second-order valence-corrected chi connectivity index (χ2v) is 11.5. The molecule has 1 atom stereocenters. The Morgan fingerprint density at radius 2 is 1.94 bits per heavy atom. The van der Waals surface area contributed by atoms with Crippen LogP contribution in [0.5, 0.6) is 5.75 Å². The van der Waals surface area contributed by atoms with Crippen LogP contribution in [-0.2, 0) is 9.47 Å². The minimum atomic E-state index is -0.507. The SMILES string of the molecule is CC(Oc1c(N)cc(C2CN(C(=O)OC(C)(C)C)C2)cc1Br)c1c(C2CCOCC2)ccnc1Cl. The summed E-state index contributed by atoms with van der Waals surface area (Å²) in [5, 5.41) is 0.449. The number of nitrogens with two attached hydrogens (primary N) is 1. The molecule has 2 saturated heterocycles. The third-order valence-corrected chi connectivity index (χ3v) is 7.33. The van der Waals surface area contributed by atoms with E-state index in [1.807, 2.05) is 45.9 Å². The van der Waals surface area contributed by atoms with Gasteiger partial charge in [-0.2, -0.15) is 0 Å². The van der Waals surface area contributed by atoms with E-state index in [2.05, 4.69) is 20.9 Å². The summed E-state index contributed by atoms with van der Waals surface area (Å²) in [5.41, 5.74) is 9.56. The molecule has 0 bridgehead atoms. The Balaban J connectivity index is 1.47. The highest BCUT2D eigenvalue weighted by atomic mass is 79.9.